The summed E-state index contributed by atoms with van der Waals surface area (Å²) in [6.07, 6.45) is 1.15. The van der Waals surface area contributed by atoms with Gasteiger partial charge in [-0.3, -0.25) is 14.5 Å². The summed E-state index contributed by atoms with van der Waals surface area (Å²) in [4.78, 5) is 26.0. The molecule has 0 saturated carbocycles. The van der Waals surface area contributed by atoms with Crippen molar-refractivity contribution in [3.05, 3.63) is 72.3 Å². The van der Waals surface area contributed by atoms with Crippen molar-refractivity contribution in [3.8, 4) is 5.75 Å². The zero-order chi connectivity index (χ0) is 22.0. The molecule has 0 bridgehead atoms. The minimum Gasteiger partial charge on any atom is -0.497 e. The number of methoxy groups -OCH3 is 1. The maximum Gasteiger partial charge on any atom is 0.303 e. The van der Waals surface area contributed by atoms with Crippen LogP contribution in [0.4, 0.5) is 5.69 Å². The smallest absolute Gasteiger partial charge is 0.303 e. The lowest BCUT2D eigenvalue weighted by atomic mass is 9.89. The van der Waals surface area contributed by atoms with Crippen molar-refractivity contribution in [2.24, 2.45) is 0 Å². The van der Waals surface area contributed by atoms with E-state index in [0.717, 1.165) is 17.0 Å². The van der Waals surface area contributed by atoms with Crippen molar-refractivity contribution >= 4 is 17.6 Å². The molecule has 1 saturated heterocycles. The number of hydrogen-bond acceptors (Lipinski definition) is 6. The van der Waals surface area contributed by atoms with Crippen LogP contribution >= 0.6 is 0 Å². The normalized spacial score (nSPS) is 27.5. The van der Waals surface area contributed by atoms with E-state index in [9.17, 15) is 9.59 Å². The van der Waals surface area contributed by atoms with E-state index in [1.54, 1.807) is 31.1 Å². The standard InChI is InChI=1S/C24H25NO6/c1-15-20(30-16(2)26)13-14-21(29-15)31-23-22(17-7-5-4-6-8-17)25(24(23)27)18-9-11-19(28-3)12-10-18/h4-15,20-23H,1-3H3/t15-,20+,21-,22+,23+/m0/s1. The average Bonchev–Trinajstić information content (AvgIpc) is 2.78. The molecular weight excluding hydrogens is 398 g/mol. The summed E-state index contributed by atoms with van der Waals surface area (Å²) in [7, 11) is 1.60. The number of carbonyl (C=O) groups excluding carboxylic acids is 2. The Labute approximate surface area is 181 Å². The van der Waals surface area contributed by atoms with Gasteiger partial charge in [0.15, 0.2) is 12.4 Å². The molecule has 1 fully saturated rings. The summed E-state index contributed by atoms with van der Waals surface area (Å²) in [5.41, 5.74) is 1.73. The van der Waals surface area contributed by atoms with Gasteiger partial charge in [0.25, 0.3) is 5.91 Å². The van der Waals surface area contributed by atoms with Crippen molar-refractivity contribution < 1.29 is 28.5 Å². The van der Waals surface area contributed by atoms with Gasteiger partial charge in [0.1, 0.15) is 11.9 Å². The lowest BCUT2D eigenvalue weighted by molar-refractivity contribution is -0.206. The van der Waals surface area contributed by atoms with Crippen LogP contribution in [0.5, 0.6) is 5.75 Å². The summed E-state index contributed by atoms with van der Waals surface area (Å²) in [5, 5.41) is 0. The molecule has 5 atom stereocenters. The van der Waals surface area contributed by atoms with Gasteiger partial charge in [0, 0.05) is 12.6 Å². The molecule has 31 heavy (non-hydrogen) atoms. The highest BCUT2D eigenvalue weighted by atomic mass is 16.7. The Bertz CT molecular complexity index is 958. The summed E-state index contributed by atoms with van der Waals surface area (Å²) >= 11 is 0. The van der Waals surface area contributed by atoms with Gasteiger partial charge in [-0.1, -0.05) is 30.3 Å². The van der Waals surface area contributed by atoms with Crippen molar-refractivity contribution in [2.75, 3.05) is 12.0 Å². The molecule has 0 radical (unpaired) electrons. The van der Waals surface area contributed by atoms with E-state index in [1.165, 1.54) is 6.92 Å². The third kappa shape index (κ3) is 4.33. The summed E-state index contributed by atoms with van der Waals surface area (Å²) in [5.74, 6) is 0.196. The van der Waals surface area contributed by atoms with Gasteiger partial charge < -0.3 is 18.9 Å². The number of nitrogens with zero attached hydrogens (tertiary/aromatic N) is 1. The number of anilines is 1. The van der Waals surface area contributed by atoms with Crippen LogP contribution in [0.3, 0.4) is 0 Å². The van der Waals surface area contributed by atoms with E-state index < -0.39 is 18.5 Å². The molecule has 7 heteroatoms. The summed E-state index contributed by atoms with van der Waals surface area (Å²) in [6.45, 7) is 3.16. The number of esters is 1. The number of ether oxygens (including phenoxy) is 4. The lowest BCUT2D eigenvalue weighted by Gasteiger charge is -2.48. The molecule has 2 aromatic carbocycles. The van der Waals surface area contributed by atoms with Crippen molar-refractivity contribution in [2.45, 2.75) is 44.5 Å². The second-order valence-corrected chi connectivity index (χ2v) is 7.49. The molecule has 2 aliphatic rings. The van der Waals surface area contributed by atoms with Crippen LogP contribution in [0.1, 0.15) is 25.5 Å². The van der Waals surface area contributed by atoms with Gasteiger partial charge in [0.2, 0.25) is 0 Å². The van der Waals surface area contributed by atoms with Gasteiger partial charge in [-0.25, -0.2) is 0 Å². The maximum absolute atomic E-state index is 13.1. The van der Waals surface area contributed by atoms with Crippen LogP contribution in [0, 0.1) is 0 Å². The van der Waals surface area contributed by atoms with E-state index in [-0.39, 0.29) is 24.0 Å². The number of carbonyl (C=O) groups is 2. The molecule has 2 heterocycles. The predicted molar refractivity (Wildman–Crippen MR) is 114 cm³/mol. The van der Waals surface area contributed by atoms with Crippen LogP contribution in [-0.4, -0.2) is 43.6 Å². The molecule has 0 aliphatic carbocycles. The van der Waals surface area contributed by atoms with Crippen LogP contribution in [-0.2, 0) is 23.8 Å². The second kappa shape index (κ2) is 8.91. The second-order valence-electron chi connectivity index (χ2n) is 7.49. The van der Waals surface area contributed by atoms with E-state index in [4.69, 9.17) is 18.9 Å². The first kappa shape index (κ1) is 21.1. The largest absolute Gasteiger partial charge is 0.497 e. The van der Waals surface area contributed by atoms with Crippen molar-refractivity contribution in [3.63, 3.8) is 0 Å². The minimum atomic E-state index is -0.708. The molecule has 0 N–H and O–H groups in total. The predicted octanol–water partition coefficient (Wildman–Crippen LogP) is 3.40. The van der Waals surface area contributed by atoms with Gasteiger partial charge in [-0.2, -0.15) is 0 Å². The van der Waals surface area contributed by atoms with Crippen molar-refractivity contribution in [1.82, 2.24) is 0 Å². The molecule has 7 nitrogen and oxygen atoms in total. The zero-order valence-electron chi connectivity index (χ0n) is 17.6. The molecule has 0 unspecified atom stereocenters. The Kier molecular flexibility index (Phi) is 6.06. The number of rotatable bonds is 6. The maximum atomic E-state index is 13.1. The third-order valence-corrected chi connectivity index (χ3v) is 5.39. The first-order valence-corrected chi connectivity index (χ1v) is 10.2. The third-order valence-electron chi connectivity index (χ3n) is 5.39. The summed E-state index contributed by atoms with van der Waals surface area (Å²) in [6, 6.07) is 16.8. The number of amides is 1. The first-order valence-electron chi connectivity index (χ1n) is 10.2. The molecule has 1 amide bonds. The Hall–Kier alpha value is -3.16. The Morgan fingerprint density at radius 2 is 1.74 bits per heavy atom. The van der Waals surface area contributed by atoms with Crippen LogP contribution in [0.2, 0.25) is 0 Å². The topological polar surface area (TPSA) is 74.3 Å². The first-order chi connectivity index (χ1) is 15.0. The molecule has 162 valence electrons. The molecule has 4 rings (SSSR count). The quantitative estimate of drug-likeness (QED) is 0.403. The lowest BCUT2D eigenvalue weighted by Crippen LogP contribution is -2.61. The molecule has 2 aromatic rings. The number of benzene rings is 2. The fourth-order valence-corrected chi connectivity index (χ4v) is 3.84. The highest BCUT2D eigenvalue weighted by Gasteiger charge is 2.51. The van der Waals surface area contributed by atoms with Gasteiger partial charge in [-0.15, -0.1) is 0 Å². The number of β-lactam (4-membered cyclic amide) rings is 1. The average molecular weight is 423 g/mol. The summed E-state index contributed by atoms with van der Waals surface area (Å²) < 4.78 is 22.3. The Balaban J connectivity index is 1.54. The zero-order valence-corrected chi connectivity index (χ0v) is 17.6. The van der Waals surface area contributed by atoms with Gasteiger partial charge >= 0.3 is 5.97 Å². The van der Waals surface area contributed by atoms with Gasteiger partial charge in [-0.05, 0) is 48.9 Å². The van der Waals surface area contributed by atoms with E-state index >= 15 is 0 Å². The highest BCUT2D eigenvalue weighted by Crippen LogP contribution is 2.42. The van der Waals surface area contributed by atoms with Crippen LogP contribution in [0.15, 0.2) is 66.7 Å². The number of hydrogen-bond donors (Lipinski definition) is 0. The van der Waals surface area contributed by atoms with E-state index in [0.29, 0.717) is 0 Å². The molecule has 0 spiro atoms. The van der Waals surface area contributed by atoms with E-state index in [1.807, 2.05) is 54.6 Å². The Morgan fingerprint density at radius 3 is 2.35 bits per heavy atom. The highest BCUT2D eigenvalue weighted by molar-refractivity contribution is 6.05. The van der Waals surface area contributed by atoms with Gasteiger partial charge in [0.05, 0.1) is 19.3 Å². The Morgan fingerprint density at radius 1 is 1.03 bits per heavy atom. The van der Waals surface area contributed by atoms with Crippen LogP contribution in [0.25, 0.3) is 0 Å². The van der Waals surface area contributed by atoms with Crippen LogP contribution < -0.4 is 9.64 Å². The fraction of sp³-hybridized carbons (Fsp3) is 0.333. The SMILES string of the molecule is COc1ccc(N2C(=O)[C@H](O[C@H]3C=C[C@@H](OC(C)=O)[C@H](C)O3)[C@H]2c2ccccc2)cc1. The van der Waals surface area contributed by atoms with E-state index in [2.05, 4.69) is 0 Å². The molecule has 0 aromatic heterocycles. The minimum absolute atomic E-state index is 0.147. The molecule has 2 aliphatic heterocycles. The van der Waals surface area contributed by atoms with Crippen molar-refractivity contribution in [1.29, 1.82) is 0 Å². The molecular formula is C24H25NO6. The fourth-order valence-electron chi connectivity index (χ4n) is 3.84. The monoisotopic (exact) mass is 423 g/mol.